The first-order chi connectivity index (χ1) is 6.63. The molecule has 0 bridgehead atoms. The first kappa shape index (κ1) is 9.70. The van der Waals surface area contributed by atoms with E-state index in [0.29, 0.717) is 5.69 Å². The number of fused-ring (bicyclic) bond motifs is 1. The van der Waals surface area contributed by atoms with Crippen molar-refractivity contribution in [3.63, 3.8) is 0 Å². The van der Waals surface area contributed by atoms with Crippen LogP contribution in [0.3, 0.4) is 0 Å². The second-order valence-electron chi connectivity index (χ2n) is 2.84. The van der Waals surface area contributed by atoms with E-state index >= 15 is 0 Å². The van der Waals surface area contributed by atoms with Crippen molar-refractivity contribution in [2.24, 2.45) is 0 Å². The van der Waals surface area contributed by atoms with Gasteiger partial charge in [0, 0.05) is 12.4 Å². The van der Waals surface area contributed by atoms with Crippen LogP contribution in [0, 0.1) is 0 Å². The van der Waals surface area contributed by atoms with Crippen LogP contribution in [0.1, 0.15) is 0 Å². The second kappa shape index (κ2) is 3.38. The summed E-state index contributed by atoms with van der Waals surface area (Å²) in [6, 6.07) is 1.60. The summed E-state index contributed by atoms with van der Waals surface area (Å²) in [7, 11) is -3.46. The normalized spacial score (nSPS) is 23.6. The fraction of sp³-hybridized carbons (Fsp3) is 0.286. The van der Waals surface area contributed by atoms with E-state index in [9.17, 15) is 8.42 Å². The molecule has 14 heavy (non-hydrogen) atoms. The van der Waals surface area contributed by atoms with Gasteiger partial charge < -0.3 is 5.32 Å². The molecule has 0 saturated carbocycles. The number of halogens is 1. The first-order valence-corrected chi connectivity index (χ1v) is 5.94. The van der Waals surface area contributed by atoms with Gasteiger partial charge in [-0.1, -0.05) is 0 Å². The number of alkyl halides is 1. The quantitative estimate of drug-likeness (QED) is 0.687. The van der Waals surface area contributed by atoms with Crippen LogP contribution in [0.5, 0.6) is 0 Å². The van der Waals surface area contributed by atoms with E-state index in [1.165, 1.54) is 12.4 Å². The molecule has 1 aromatic rings. The number of rotatable bonds is 1. The van der Waals surface area contributed by atoms with Crippen molar-refractivity contribution < 1.29 is 8.42 Å². The van der Waals surface area contributed by atoms with Gasteiger partial charge in [-0.2, -0.15) is 4.72 Å². The molecular formula is C7H8ClN3O2S. The fourth-order valence-electron chi connectivity index (χ4n) is 1.25. The highest BCUT2D eigenvalue weighted by molar-refractivity contribution is 7.89. The SMILES string of the molecule is O=S1(=O)NC(CCl)Nc2ccncc21. The van der Waals surface area contributed by atoms with Gasteiger partial charge in [-0.15, -0.1) is 11.6 Å². The van der Waals surface area contributed by atoms with Crippen molar-refractivity contribution in [1.82, 2.24) is 9.71 Å². The van der Waals surface area contributed by atoms with Crippen molar-refractivity contribution >= 4 is 27.3 Å². The third-order valence-electron chi connectivity index (χ3n) is 1.86. The van der Waals surface area contributed by atoms with Crippen LogP contribution in [0.25, 0.3) is 0 Å². The van der Waals surface area contributed by atoms with Gasteiger partial charge in [0.05, 0.1) is 11.6 Å². The Kier molecular flexibility index (Phi) is 2.34. The molecule has 0 fully saturated rings. The van der Waals surface area contributed by atoms with Gasteiger partial charge >= 0.3 is 0 Å². The summed E-state index contributed by atoms with van der Waals surface area (Å²) < 4.78 is 25.6. The molecule has 0 aromatic carbocycles. The fourth-order valence-corrected chi connectivity index (χ4v) is 2.76. The standard InChI is InChI=1S/C7H8ClN3O2S/c8-3-7-10-5-1-2-9-4-6(5)14(12,13)11-7/h1-2,4,7,10-11H,3H2. The van der Waals surface area contributed by atoms with Gasteiger partial charge in [0.2, 0.25) is 10.0 Å². The highest BCUT2D eigenvalue weighted by atomic mass is 35.5. The van der Waals surface area contributed by atoms with E-state index in [0.717, 1.165) is 0 Å². The third kappa shape index (κ3) is 1.56. The van der Waals surface area contributed by atoms with Crippen LogP contribution >= 0.6 is 11.6 Å². The zero-order valence-corrected chi connectivity index (χ0v) is 8.64. The van der Waals surface area contributed by atoms with E-state index < -0.39 is 16.2 Å². The van der Waals surface area contributed by atoms with Crippen LogP contribution in [-0.2, 0) is 10.0 Å². The lowest BCUT2D eigenvalue weighted by Crippen LogP contribution is -2.45. The average molecular weight is 234 g/mol. The van der Waals surface area contributed by atoms with Crippen LogP contribution in [0.4, 0.5) is 5.69 Å². The Morgan fingerprint density at radius 3 is 3.07 bits per heavy atom. The Bertz CT molecular complexity index is 448. The van der Waals surface area contributed by atoms with Gasteiger partial charge in [0.1, 0.15) is 11.1 Å². The molecule has 0 spiro atoms. The van der Waals surface area contributed by atoms with Crippen LogP contribution in [-0.4, -0.2) is 25.4 Å². The molecule has 1 atom stereocenters. The number of nitrogens with one attached hydrogen (secondary N) is 2. The van der Waals surface area contributed by atoms with Crippen LogP contribution in [0.15, 0.2) is 23.4 Å². The molecular weight excluding hydrogens is 226 g/mol. The van der Waals surface area contributed by atoms with Crippen molar-refractivity contribution in [1.29, 1.82) is 0 Å². The maximum absolute atomic E-state index is 11.6. The van der Waals surface area contributed by atoms with Crippen molar-refractivity contribution in [2.75, 3.05) is 11.2 Å². The minimum Gasteiger partial charge on any atom is -0.367 e. The molecule has 7 heteroatoms. The molecule has 0 aliphatic carbocycles. The highest BCUT2D eigenvalue weighted by Gasteiger charge is 2.28. The van der Waals surface area contributed by atoms with Gasteiger partial charge in [-0.25, -0.2) is 8.42 Å². The lowest BCUT2D eigenvalue weighted by atomic mass is 10.4. The number of hydrogen-bond acceptors (Lipinski definition) is 4. The summed E-state index contributed by atoms with van der Waals surface area (Å²) in [5, 5.41) is 2.94. The third-order valence-corrected chi connectivity index (χ3v) is 3.66. The Morgan fingerprint density at radius 2 is 2.36 bits per heavy atom. The highest BCUT2D eigenvalue weighted by Crippen LogP contribution is 2.24. The van der Waals surface area contributed by atoms with Crippen molar-refractivity contribution in [2.45, 2.75) is 11.1 Å². The number of pyridine rings is 1. The number of nitrogens with zero attached hydrogens (tertiary/aromatic N) is 1. The van der Waals surface area contributed by atoms with E-state index in [2.05, 4.69) is 15.0 Å². The van der Waals surface area contributed by atoms with Gasteiger partial charge in [0.15, 0.2) is 0 Å². The lowest BCUT2D eigenvalue weighted by Gasteiger charge is -2.25. The molecule has 0 amide bonds. The first-order valence-electron chi connectivity index (χ1n) is 3.92. The Morgan fingerprint density at radius 1 is 1.57 bits per heavy atom. The molecule has 76 valence electrons. The van der Waals surface area contributed by atoms with E-state index in [1.807, 2.05) is 0 Å². The molecule has 2 rings (SSSR count). The summed E-state index contributed by atoms with van der Waals surface area (Å²) in [4.78, 5) is 3.91. The molecule has 1 aliphatic heterocycles. The van der Waals surface area contributed by atoms with E-state index in [4.69, 9.17) is 11.6 Å². The number of aromatic nitrogens is 1. The molecule has 1 aromatic heterocycles. The zero-order chi connectivity index (χ0) is 10.2. The van der Waals surface area contributed by atoms with Crippen molar-refractivity contribution in [3.05, 3.63) is 18.5 Å². The number of anilines is 1. The maximum atomic E-state index is 11.6. The Hall–Kier alpha value is -0.850. The molecule has 0 radical (unpaired) electrons. The van der Waals surface area contributed by atoms with E-state index in [1.54, 1.807) is 6.07 Å². The van der Waals surface area contributed by atoms with Gasteiger partial charge in [-0.05, 0) is 6.07 Å². The largest absolute Gasteiger partial charge is 0.367 e. The minimum absolute atomic E-state index is 0.154. The molecule has 0 saturated heterocycles. The molecule has 2 N–H and O–H groups in total. The zero-order valence-electron chi connectivity index (χ0n) is 7.07. The second-order valence-corrected chi connectivity index (χ2v) is 4.84. The maximum Gasteiger partial charge on any atom is 0.245 e. The van der Waals surface area contributed by atoms with E-state index in [-0.39, 0.29) is 10.8 Å². The van der Waals surface area contributed by atoms with Crippen LogP contribution < -0.4 is 10.0 Å². The lowest BCUT2D eigenvalue weighted by molar-refractivity contribution is 0.566. The predicted octanol–water partition coefficient (Wildman–Crippen LogP) is 0.350. The van der Waals surface area contributed by atoms with Crippen LogP contribution in [0.2, 0.25) is 0 Å². The monoisotopic (exact) mass is 233 g/mol. The molecule has 1 unspecified atom stereocenters. The smallest absolute Gasteiger partial charge is 0.245 e. The van der Waals surface area contributed by atoms with Gasteiger partial charge in [-0.3, -0.25) is 4.98 Å². The summed E-state index contributed by atoms with van der Waals surface area (Å²) in [5.41, 5.74) is 0.532. The van der Waals surface area contributed by atoms with Gasteiger partial charge in [0.25, 0.3) is 0 Å². The predicted molar refractivity (Wildman–Crippen MR) is 52.7 cm³/mol. The number of sulfonamides is 1. The molecule has 5 nitrogen and oxygen atoms in total. The Labute approximate surface area is 86.5 Å². The summed E-state index contributed by atoms with van der Waals surface area (Å²) >= 11 is 5.57. The molecule has 1 aliphatic rings. The average Bonchev–Trinajstić information content (AvgIpc) is 2.17. The van der Waals surface area contributed by atoms with Crippen molar-refractivity contribution in [3.8, 4) is 0 Å². The topological polar surface area (TPSA) is 71.1 Å². The number of hydrogen-bond donors (Lipinski definition) is 2. The Balaban J connectivity index is 2.53. The minimum atomic E-state index is -3.46. The summed E-state index contributed by atoms with van der Waals surface area (Å²) in [6.45, 7) is 0. The molecule has 2 heterocycles. The summed E-state index contributed by atoms with van der Waals surface area (Å²) in [6.07, 6.45) is 2.36. The summed E-state index contributed by atoms with van der Waals surface area (Å²) in [5.74, 6) is 0.168.